The van der Waals surface area contributed by atoms with Crippen LogP contribution in [0.5, 0.6) is 5.75 Å². The molecule has 1 saturated heterocycles. The van der Waals surface area contributed by atoms with Crippen LogP contribution in [0.2, 0.25) is 0 Å². The summed E-state index contributed by atoms with van der Waals surface area (Å²) in [6.07, 6.45) is -4.97. The minimum absolute atomic E-state index is 0.141. The Hall–Kier alpha value is -1.78. The summed E-state index contributed by atoms with van der Waals surface area (Å²) in [5, 5.41) is 29.0. The predicted octanol–water partition coefficient (Wildman–Crippen LogP) is -0.787. The summed E-state index contributed by atoms with van der Waals surface area (Å²) in [7, 11) is 0. The first kappa shape index (κ1) is 15.1. The Morgan fingerprint density at radius 2 is 2.14 bits per heavy atom. The topological polar surface area (TPSA) is 135 Å². The number of primary amides is 1. The summed E-state index contributed by atoms with van der Waals surface area (Å²) in [5.41, 5.74) is 5.79. The monoisotopic (exact) mass is 326 g/mol. The number of thiazole rings is 1. The molecule has 0 aliphatic carbocycles. The van der Waals surface area contributed by atoms with E-state index in [9.17, 15) is 20.1 Å². The number of aliphatic hydroxyl groups is 3. The van der Waals surface area contributed by atoms with Crippen molar-refractivity contribution in [2.45, 2.75) is 24.6 Å². The minimum Gasteiger partial charge on any atom is -0.462 e. The fourth-order valence-corrected chi connectivity index (χ4v) is 2.95. The van der Waals surface area contributed by atoms with Gasteiger partial charge in [0.25, 0.3) is 5.91 Å². The Kier molecular flexibility index (Phi) is 3.98. The van der Waals surface area contributed by atoms with Gasteiger partial charge in [-0.2, -0.15) is 0 Å². The van der Waals surface area contributed by atoms with Crippen LogP contribution in [0.1, 0.15) is 9.80 Å². The first-order chi connectivity index (χ1) is 10.5. The van der Waals surface area contributed by atoms with Crippen LogP contribution in [0.3, 0.4) is 0 Å². The number of aromatic nitrogens is 1. The lowest BCUT2D eigenvalue weighted by Gasteiger charge is -2.34. The summed E-state index contributed by atoms with van der Waals surface area (Å²) in [4.78, 5) is 15.2. The molecule has 2 aromatic rings. The van der Waals surface area contributed by atoms with E-state index in [1.54, 1.807) is 18.2 Å². The average Bonchev–Trinajstić information content (AvgIpc) is 2.91. The molecule has 1 fully saturated rings. The van der Waals surface area contributed by atoms with Gasteiger partial charge in [-0.25, -0.2) is 4.98 Å². The van der Waals surface area contributed by atoms with Gasteiger partial charge < -0.3 is 30.5 Å². The Bertz CT molecular complexity index is 705. The third-order valence-electron chi connectivity index (χ3n) is 3.28. The highest BCUT2D eigenvalue weighted by Gasteiger charge is 2.39. The SMILES string of the molecule is NC(=O)c1nc2ccc(O[C@@H]3OC[C@@H](O)C(O)C3O)cc2s1. The maximum absolute atomic E-state index is 11.1. The summed E-state index contributed by atoms with van der Waals surface area (Å²) in [6.45, 7) is -0.141. The normalized spacial score (nSPS) is 28.7. The van der Waals surface area contributed by atoms with E-state index in [1.807, 2.05) is 0 Å². The highest BCUT2D eigenvalue weighted by molar-refractivity contribution is 7.20. The molecule has 118 valence electrons. The molecule has 1 amide bonds. The summed E-state index contributed by atoms with van der Waals surface area (Å²) < 4.78 is 11.3. The van der Waals surface area contributed by atoms with Crippen LogP contribution in [0, 0.1) is 0 Å². The zero-order valence-electron chi connectivity index (χ0n) is 11.2. The fraction of sp³-hybridized carbons (Fsp3) is 0.385. The van der Waals surface area contributed by atoms with E-state index in [-0.39, 0.29) is 11.6 Å². The van der Waals surface area contributed by atoms with Crippen molar-refractivity contribution in [3.8, 4) is 5.75 Å². The maximum Gasteiger partial charge on any atom is 0.277 e. The minimum atomic E-state index is -1.37. The van der Waals surface area contributed by atoms with Gasteiger partial charge in [-0.1, -0.05) is 0 Å². The number of nitrogens with zero attached hydrogens (tertiary/aromatic N) is 1. The molecule has 0 bridgehead atoms. The number of rotatable bonds is 3. The number of carbonyl (C=O) groups excluding carboxylic acids is 1. The molecule has 22 heavy (non-hydrogen) atoms. The van der Waals surface area contributed by atoms with Gasteiger partial charge in [-0.05, 0) is 18.2 Å². The predicted molar refractivity (Wildman–Crippen MR) is 76.5 cm³/mol. The van der Waals surface area contributed by atoms with Gasteiger partial charge in [0.1, 0.15) is 24.1 Å². The highest BCUT2D eigenvalue weighted by atomic mass is 32.1. The Morgan fingerprint density at radius 3 is 2.86 bits per heavy atom. The van der Waals surface area contributed by atoms with Gasteiger partial charge >= 0.3 is 0 Å². The second kappa shape index (κ2) is 5.78. The molecule has 2 unspecified atom stereocenters. The summed E-state index contributed by atoms with van der Waals surface area (Å²) >= 11 is 1.12. The molecule has 0 spiro atoms. The fourth-order valence-electron chi connectivity index (χ4n) is 2.10. The molecule has 3 rings (SSSR count). The third-order valence-corrected chi connectivity index (χ3v) is 4.31. The number of hydrogen-bond acceptors (Lipinski definition) is 8. The molecule has 1 aliphatic rings. The van der Waals surface area contributed by atoms with E-state index in [0.717, 1.165) is 11.3 Å². The number of amides is 1. The zero-order chi connectivity index (χ0) is 15.9. The van der Waals surface area contributed by atoms with E-state index in [1.165, 1.54) is 0 Å². The molecule has 0 saturated carbocycles. The number of ether oxygens (including phenoxy) is 2. The first-order valence-electron chi connectivity index (χ1n) is 6.48. The van der Waals surface area contributed by atoms with E-state index in [4.69, 9.17) is 15.2 Å². The maximum atomic E-state index is 11.1. The van der Waals surface area contributed by atoms with Crippen molar-refractivity contribution < 1.29 is 29.6 Å². The van der Waals surface area contributed by atoms with Crippen LogP contribution >= 0.6 is 11.3 Å². The van der Waals surface area contributed by atoms with Crippen molar-refractivity contribution in [3.63, 3.8) is 0 Å². The molecule has 5 N–H and O–H groups in total. The van der Waals surface area contributed by atoms with Crippen molar-refractivity contribution in [2.24, 2.45) is 5.73 Å². The van der Waals surface area contributed by atoms with Crippen molar-refractivity contribution in [2.75, 3.05) is 6.61 Å². The van der Waals surface area contributed by atoms with Crippen LogP contribution < -0.4 is 10.5 Å². The molecule has 4 atom stereocenters. The van der Waals surface area contributed by atoms with Crippen LogP contribution in [0.4, 0.5) is 0 Å². The lowest BCUT2D eigenvalue weighted by atomic mass is 10.1. The highest BCUT2D eigenvalue weighted by Crippen LogP contribution is 2.28. The molecule has 0 radical (unpaired) electrons. The van der Waals surface area contributed by atoms with Crippen LogP contribution in [0.15, 0.2) is 18.2 Å². The second-order valence-electron chi connectivity index (χ2n) is 4.88. The largest absolute Gasteiger partial charge is 0.462 e. The number of nitrogens with two attached hydrogens (primary N) is 1. The number of aliphatic hydroxyl groups excluding tert-OH is 3. The Labute approximate surface area is 128 Å². The van der Waals surface area contributed by atoms with Crippen molar-refractivity contribution in [1.82, 2.24) is 4.98 Å². The quantitative estimate of drug-likeness (QED) is 0.580. The molecule has 1 aliphatic heterocycles. The van der Waals surface area contributed by atoms with Crippen LogP contribution in [-0.4, -0.2) is 57.4 Å². The summed E-state index contributed by atoms with van der Waals surface area (Å²) in [5.74, 6) is -0.230. The Balaban J connectivity index is 1.80. The average molecular weight is 326 g/mol. The molecule has 2 heterocycles. The zero-order valence-corrected chi connectivity index (χ0v) is 12.1. The second-order valence-corrected chi connectivity index (χ2v) is 5.91. The van der Waals surface area contributed by atoms with Gasteiger partial charge in [0.05, 0.1) is 16.8 Å². The van der Waals surface area contributed by atoms with Gasteiger partial charge in [-0.15, -0.1) is 11.3 Å². The van der Waals surface area contributed by atoms with E-state index >= 15 is 0 Å². The van der Waals surface area contributed by atoms with E-state index < -0.39 is 30.5 Å². The molecule has 1 aromatic carbocycles. The molecule has 8 nitrogen and oxygen atoms in total. The molecule has 9 heteroatoms. The number of benzene rings is 1. The lowest BCUT2D eigenvalue weighted by Crippen LogP contribution is -2.54. The van der Waals surface area contributed by atoms with Crippen molar-refractivity contribution >= 4 is 27.5 Å². The smallest absolute Gasteiger partial charge is 0.277 e. The van der Waals surface area contributed by atoms with Crippen molar-refractivity contribution in [1.29, 1.82) is 0 Å². The van der Waals surface area contributed by atoms with Crippen LogP contribution in [-0.2, 0) is 4.74 Å². The Morgan fingerprint density at radius 1 is 1.36 bits per heavy atom. The van der Waals surface area contributed by atoms with Gasteiger partial charge in [-0.3, -0.25) is 4.79 Å². The number of fused-ring (bicyclic) bond motifs is 1. The van der Waals surface area contributed by atoms with E-state index in [0.29, 0.717) is 16.0 Å². The number of carbonyl (C=O) groups is 1. The van der Waals surface area contributed by atoms with Gasteiger partial charge in [0.2, 0.25) is 6.29 Å². The van der Waals surface area contributed by atoms with Gasteiger partial charge in [0.15, 0.2) is 5.01 Å². The molecule has 1 aromatic heterocycles. The third kappa shape index (κ3) is 2.76. The standard InChI is InChI=1S/C13H14N2O6S/c14-11(19)12-15-6-2-1-5(3-8(6)22-12)21-13-10(18)9(17)7(16)4-20-13/h1-3,7,9-10,13,16-18H,4H2,(H2,14,19)/t7-,9?,10?,13+/m1/s1. The first-order valence-corrected chi connectivity index (χ1v) is 7.30. The van der Waals surface area contributed by atoms with Crippen molar-refractivity contribution in [3.05, 3.63) is 23.2 Å². The van der Waals surface area contributed by atoms with Gasteiger partial charge in [0, 0.05) is 0 Å². The van der Waals surface area contributed by atoms with Crippen LogP contribution in [0.25, 0.3) is 10.2 Å². The molecular weight excluding hydrogens is 312 g/mol. The summed E-state index contributed by atoms with van der Waals surface area (Å²) in [6, 6.07) is 4.88. The van der Waals surface area contributed by atoms with E-state index in [2.05, 4.69) is 4.98 Å². The number of hydrogen-bond donors (Lipinski definition) is 4. The molecular formula is C13H14N2O6S. The lowest BCUT2D eigenvalue weighted by molar-refractivity contribution is -0.242.